The number of benzene rings is 2. The molecule has 9 nitrogen and oxygen atoms in total. The van der Waals surface area contributed by atoms with E-state index in [1.54, 1.807) is 31.3 Å². The number of carbonyl (C=O) groups is 1. The Hall–Kier alpha value is -4.14. The van der Waals surface area contributed by atoms with Gasteiger partial charge in [0.15, 0.2) is 0 Å². The standard InChI is InChI=1S/C23H23N7O2/c1-28-15-25-30(23(28)32)19-10-8-17(9-11-19)26-22(31)27-18-6-4-5-16(13-18)21-24-14-20-7-2-3-12-29(20)21/h4-6,8-11,13-15H,2-3,7,12H2,1H3,(H2,26,27,31). The Labute approximate surface area is 184 Å². The average Bonchev–Trinajstić information content (AvgIpc) is 3.38. The maximum Gasteiger partial charge on any atom is 0.350 e. The molecule has 4 aromatic rings. The van der Waals surface area contributed by atoms with Gasteiger partial charge in [-0.2, -0.15) is 9.78 Å². The zero-order valence-electron chi connectivity index (χ0n) is 17.7. The number of anilines is 2. The zero-order chi connectivity index (χ0) is 22.1. The highest BCUT2D eigenvalue weighted by Crippen LogP contribution is 2.26. The van der Waals surface area contributed by atoms with E-state index in [4.69, 9.17) is 0 Å². The largest absolute Gasteiger partial charge is 0.350 e. The molecule has 0 unspecified atom stereocenters. The number of fused-ring (bicyclic) bond motifs is 1. The molecule has 2 aromatic carbocycles. The first kappa shape index (κ1) is 19.8. The molecule has 1 aliphatic heterocycles. The Morgan fingerprint density at radius 1 is 1.03 bits per heavy atom. The van der Waals surface area contributed by atoms with Gasteiger partial charge < -0.3 is 15.2 Å². The number of rotatable bonds is 4. The fourth-order valence-electron chi connectivity index (χ4n) is 3.94. The molecular formula is C23H23N7O2. The van der Waals surface area contributed by atoms with Gasteiger partial charge in [-0.1, -0.05) is 12.1 Å². The van der Waals surface area contributed by atoms with Crippen LogP contribution in [0.2, 0.25) is 0 Å². The number of amides is 2. The predicted octanol–water partition coefficient (Wildman–Crippen LogP) is 3.41. The normalized spacial score (nSPS) is 12.9. The highest BCUT2D eigenvalue weighted by atomic mass is 16.2. The van der Waals surface area contributed by atoms with Gasteiger partial charge in [-0.05, 0) is 55.7 Å². The molecule has 32 heavy (non-hydrogen) atoms. The second-order valence-corrected chi connectivity index (χ2v) is 7.82. The number of carbonyl (C=O) groups excluding carboxylic acids is 1. The Morgan fingerprint density at radius 2 is 1.84 bits per heavy atom. The van der Waals surface area contributed by atoms with Crippen LogP contribution in [-0.4, -0.2) is 29.9 Å². The van der Waals surface area contributed by atoms with E-state index in [2.05, 4.69) is 25.3 Å². The summed E-state index contributed by atoms with van der Waals surface area (Å²) in [7, 11) is 1.64. The zero-order valence-corrected chi connectivity index (χ0v) is 17.7. The van der Waals surface area contributed by atoms with Gasteiger partial charge in [0.05, 0.1) is 5.69 Å². The van der Waals surface area contributed by atoms with Crippen molar-refractivity contribution in [3.63, 3.8) is 0 Å². The van der Waals surface area contributed by atoms with Crippen molar-refractivity contribution in [1.82, 2.24) is 23.9 Å². The van der Waals surface area contributed by atoms with Gasteiger partial charge in [0.25, 0.3) is 0 Å². The molecule has 9 heteroatoms. The van der Waals surface area contributed by atoms with Gasteiger partial charge in [0.1, 0.15) is 12.2 Å². The van der Waals surface area contributed by atoms with Crippen LogP contribution in [-0.2, 0) is 20.0 Å². The second kappa shape index (κ2) is 8.18. The van der Waals surface area contributed by atoms with Gasteiger partial charge in [-0.25, -0.2) is 14.6 Å². The van der Waals surface area contributed by atoms with E-state index in [-0.39, 0.29) is 11.7 Å². The molecule has 2 aromatic heterocycles. The lowest BCUT2D eigenvalue weighted by molar-refractivity contribution is 0.262. The molecule has 0 bridgehead atoms. The number of aryl methyl sites for hydroxylation is 2. The summed E-state index contributed by atoms with van der Waals surface area (Å²) in [4.78, 5) is 29.1. The summed E-state index contributed by atoms with van der Waals surface area (Å²) in [6.45, 7) is 0.976. The Balaban J connectivity index is 1.28. The minimum Gasteiger partial charge on any atom is -0.328 e. The van der Waals surface area contributed by atoms with E-state index < -0.39 is 0 Å². The van der Waals surface area contributed by atoms with Crippen molar-refractivity contribution in [2.45, 2.75) is 25.8 Å². The number of hydrogen-bond donors (Lipinski definition) is 2. The molecule has 1 aliphatic rings. The number of urea groups is 1. The van der Waals surface area contributed by atoms with Crippen LogP contribution in [0.5, 0.6) is 0 Å². The smallest absolute Gasteiger partial charge is 0.328 e. The van der Waals surface area contributed by atoms with Gasteiger partial charge >= 0.3 is 11.7 Å². The van der Waals surface area contributed by atoms with Gasteiger partial charge in [0, 0.05) is 42.4 Å². The van der Waals surface area contributed by atoms with Crippen LogP contribution in [0.1, 0.15) is 18.5 Å². The Kier molecular flexibility index (Phi) is 5.06. The van der Waals surface area contributed by atoms with Crippen molar-refractivity contribution in [3.8, 4) is 17.1 Å². The SMILES string of the molecule is Cn1cnn(-c2ccc(NC(=O)Nc3cccc(-c4ncc5n4CCCC5)c3)cc2)c1=O. The highest BCUT2D eigenvalue weighted by molar-refractivity contribution is 6.00. The summed E-state index contributed by atoms with van der Waals surface area (Å²) in [6, 6.07) is 14.3. The van der Waals surface area contributed by atoms with Crippen LogP contribution in [0.4, 0.5) is 16.2 Å². The molecule has 2 amide bonds. The number of imidazole rings is 1. The first-order chi connectivity index (χ1) is 15.6. The molecule has 5 rings (SSSR count). The maximum atomic E-state index is 12.5. The van der Waals surface area contributed by atoms with Crippen molar-refractivity contribution in [1.29, 1.82) is 0 Å². The third kappa shape index (κ3) is 3.80. The van der Waals surface area contributed by atoms with E-state index in [1.165, 1.54) is 27.7 Å². The van der Waals surface area contributed by atoms with Crippen molar-refractivity contribution in [2.24, 2.45) is 7.05 Å². The number of aromatic nitrogens is 5. The van der Waals surface area contributed by atoms with Crippen LogP contribution >= 0.6 is 0 Å². The molecule has 2 N–H and O–H groups in total. The van der Waals surface area contributed by atoms with E-state index >= 15 is 0 Å². The average molecular weight is 429 g/mol. The molecule has 0 spiro atoms. The summed E-state index contributed by atoms with van der Waals surface area (Å²) < 4.78 is 4.95. The van der Waals surface area contributed by atoms with Crippen LogP contribution in [0, 0.1) is 0 Å². The highest BCUT2D eigenvalue weighted by Gasteiger charge is 2.15. The van der Waals surface area contributed by atoms with E-state index in [9.17, 15) is 9.59 Å². The molecule has 0 atom stereocenters. The molecule has 0 saturated heterocycles. The Bertz CT molecular complexity index is 1330. The Morgan fingerprint density at radius 3 is 2.62 bits per heavy atom. The quantitative estimate of drug-likeness (QED) is 0.519. The van der Waals surface area contributed by atoms with Crippen molar-refractivity contribution in [2.75, 3.05) is 10.6 Å². The van der Waals surface area contributed by atoms with Crippen LogP contribution in [0.25, 0.3) is 17.1 Å². The molecular weight excluding hydrogens is 406 g/mol. The first-order valence-electron chi connectivity index (χ1n) is 10.5. The topological polar surface area (TPSA) is 98.8 Å². The third-order valence-corrected chi connectivity index (χ3v) is 5.57. The molecule has 0 aliphatic carbocycles. The first-order valence-corrected chi connectivity index (χ1v) is 10.5. The maximum absolute atomic E-state index is 12.5. The lowest BCUT2D eigenvalue weighted by atomic mass is 10.1. The van der Waals surface area contributed by atoms with Crippen molar-refractivity contribution >= 4 is 17.4 Å². The van der Waals surface area contributed by atoms with Crippen LogP contribution < -0.4 is 16.3 Å². The van der Waals surface area contributed by atoms with Gasteiger partial charge in [-0.15, -0.1) is 0 Å². The van der Waals surface area contributed by atoms with Crippen molar-refractivity contribution < 1.29 is 4.79 Å². The van der Waals surface area contributed by atoms with E-state index in [0.717, 1.165) is 30.8 Å². The minimum absolute atomic E-state index is 0.234. The van der Waals surface area contributed by atoms with Crippen molar-refractivity contribution in [3.05, 3.63) is 77.2 Å². The summed E-state index contributed by atoms with van der Waals surface area (Å²) in [5.41, 5.74) is 3.91. The molecule has 0 radical (unpaired) electrons. The fourth-order valence-corrected chi connectivity index (χ4v) is 3.94. The molecule has 0 fully saturated rings. The molecule has 0 saturated carbocycles. The lowest BCUT2D eigenvalue weighted by Crippen LogP contribution is -2.21. The number of nitrogens with one attached hydrogen (secondary N) is 2. The third-order valence-electron chi connectivity index (χ3n) is 5.57. The van der Waals surface area contributed by atoms with Crippen LogP contribution in [0.3, 0.4) is 0 Å². The number of hydrogen-bond acceptors (Lipinski definition) is 4. The van der Waals surface area contributed by atoms with Crippen LogP contribution in [0.15, 0.2) is 65.8 Å². The summed E-state index contributed by atoms with van der Waals surface area (Å²) in [5, 5.41) is 9.73. The van der Waals surface area contributed by atoms with Gasteiger partial charge in [-0.3, -0.25) is 4.57 Å². The molecule has 3 heterocycles. The fraction of sp³-hybridized carbons (Fsp3) is 0.217. The minimum atomic E-state index is -0.352. The monoisotopic (exact) mass is 429 g/mol. The summed E-state index contributed by atoms with van der Waals surface area (Å²) in [5.74, 6) is 0.934. The molecule has 162 valence electrons. The number of nitrogens with zero attached hydrogens (tertiary/aromatic N) is 5. The summed E-state index contributed by atoms with van der Waals surface area (Å²) in [6.07, 6.45) is 6.82. The van der Waals surface area contributed by atoms with E-state index in [0.29, 0.717) is 17.1 Å². The van der Waals surface area contributed by atoms with Gasteiger partial charge in [0.2, 0.25) is 0 Å². The second-order valence-electron chi connectivity index (χ2n) is 7.82. The van der Waals surface area contributed by atoms with E-state index in [1.807, 2.05) is 30.5 Å². The predicted molar refractivity (Wildman–Crippen MR) is 122 cm³/mol. The summed E-state index contributed by atoms with van der Waals surface area (Å²) >= 11 is 0. The lowest BCUT2D eigenvalue weighted by Gasteiger charge is -2.17.